The first kappa shape index (κ1) is 15.8. The van der Waals surface area contributed by atoms with Gasteiger partial charge in [-0.3, -0.25) is 4.79 Å². The predicted octanol–water partition coefficient (Wildman–Crippen LogP) is 2.30. The predicted molar refractivity (Wildman–Crippen MR) is 76.4 cm³/mol. The molecule has 19 heavy (non-hydrogen) atoms. The molecular formula is C13H19ClN2O3. The van der Waals surface area contributed by atoms with E-state index in [1.54, 1.807) is 18.2 Å². The Labute approximate surface area is 118 Å². The maximum Gasteiger partial charge on any atom is 0.226 e. The molecule has 0 radical (unpaired) electrons. The molecule has 1 aromatic carbocycles. The van der Waals surface area contributed by atoms with Gasteiger partial charge in [-0.05, 0) is 25.1 Å². The van der Waals surface area contributed by atoms with E-state index in [9.17, 15) is 4.79 Å². The lowest BCUT2D eigenvalue weighted by molar-refractivity contribution is -0.117. The number of carbonyl (C=O) groups excluding carboxylic acids is 1. The van der Waals surface area contributed by atoms with Gasteiger partial charge >= 0.3 is 0 Å². The molecule has 5 nitrogen and oxygen atoms in total. The highest BCUT2D eigenvalue weighted by Gasteiger charge is 2.06. The van der Waals surface area contributed by atoms with Crippen LogP contribution in [-0.2, 0) is 14.3 Å². The number of ether oxygens (including phenoxy) is 2. The molecule has 0 heterocycles. The monoisotopic (exact) mass is 286 g/mol. The number of halogens is 1. The SMILES string of the molecule is CCOCCOCCC(=O)Nc1ccc(N)cc1Cl. The van der Waals surface area contributed by atoms with Gasteiger partial charge in [-0.25, -0.2) is 0 Å². The van der Waals surface area contributed by atoms with Gasteiger partial charge in [0.15, 0.2) is 0 Å². The molecule has 106 valence electrons. The van der Waals surface area contributed by atoms with E-state index in [4.69, 9.17) is 26.8 Å². The second-order valence-corrected chi connectivity index (χ2v) is 4.25. The molecule has 6 heteroatoms. The fourth-order valence-electron chi connectivity index (χ4n) is 1.37. The minimum Gasteiger partial charge on any atom is -0.399 e. The highest BCUT2D eigenvalue weighted by molar-refractivity contribution is 6.34. The Kier molecular flexibility index (Phi) is 7.25. The van der Waals surface area contributed by atoms with Crippen LogP contribution < -0.4 is 11.1 Å². The second-order valence-electron chi connectivity index (χ2n) is 3.85. The Morgan fingerprint density at radius 3 is 2.74 bits per heavy atom. The van der Waals surface area contributed by atoms with Crippen molar-refractivity contribution < 1.29 is 14.3 Å². The number of nitrogens with two attached hydrogens (primary N) is 1. The van der Waals surface area contributed by atoms with Crippen molar-refractivity contribution in [2.75, 3.05) is 37.5 Å². The van der Waals surface area contributed by atoms with Crippen molar-refractivity contribution in [1.29, 1.82) is 0 Å². The van der Waals surface area contributed by atoms with Crippen LogP contribution in [0.5, 0.6) is 0 Å². The molecule has 0 saturated heterocycles. The molecule has 1 rings (SSSR count). The van der Waals surface area contributed by atoms with Crippen LogP contribution in [0.15, 0.2) is 18.2 Å². The summed E-state index contributed by atoms with van der Waals surface area (Å²) in [4.78, 5) is 11.6. The van der Waals surface area contributed by atoms with E-state index < -0.39 is 0 Å². The number of rotatable bonds is 8. The third kappa shape index (κ3) is 6.42. The summed E-state index contributed by atoms with van der Waals surface area (Å²) < 4.78 is 10.4. The minimum atomic E-state index is -0.150. The number of nitrogen functional groups attached to an aromatic ring is 1. The maximum absolute atomic E-state index is 11.6. The lowest BCUT2D eigenvalue weighted by Crippen LogP contribution is -2.15. The summed E-state index contributed by atoms with van der Waals surface area (Å²) in [6.45, 7) is 3.97. The highest BCUT2D eigenvalue weighted by Crippen LogP contribution is 2.23. The largest absolute Gasteiger partial charge is 0.399 e. The fraction of sp³-hybridized carbons (Fsp3) is 0.462. The van der Waals surface area contributed by atoms with E-state index in [1.165, 1.54) is 0 Å². The molecule has 0 fully saturated rings. The Bertz CT molecular complexity index is 413. The lowest BCUT2D eigenvalue weighted by Gasteiger charge is -2.08. The molecule has 0 atom stereocenters. The standard InChI is InChI=1S/C13H19ClN2O3/c1-2-18-7-8-19-6-5-13(17)16-12-4-3-10(15)9-11(12)14/h3-4,9H,2,5-8,15H2,1H3,(H,16,17). The average Bonchev–Trinajstić information content (AvgIpc) is 2.37. The van der Waals surface area contributed by atoms with Gasteiger partial charge in [0.05, 0.1) is 37.0 Å². The molecule has 0 aliphatic carbocycles. The first-order valence-corrected chi connectivity index (χ1v) is 6.51. The number of amides is 1. The summed E-state index contributed by atoms with van der Waals surface area (Å²) in [5.74, 6) is -0.150. The Morgan fingerprint density at radius 2 is 2.05 bits per heavy atom. The van der Waals surface area contributed by atoms with Crippen LogP contribution >= 0.6 is 11.6 Å². The zero-order chi connectivity index (χ0) is 14.1. The van der Waals surface area contributed by atoms with Crippen LogP contribution in [0.2, 0.25) is 5.02 Å². The Balaban J connectivity index is 2.23. The third-order valence-corrected chi connectivity index (χ3v) is 2.63. The number of anilines is 2. The molecule has 0 aliphatic rings. The average molecular weight is 287 g/mol. The van der Waals surface area contributed by atoms with Crippen LogP contribution in [0, 0.1) is 0 Å². The van der Waals surface area contributed by atoms with Crippen molar-refractivity contribution in [3.8, 4) is 0 Å². The molecular weight excluding hydrogens is 268 g/mol. The van der Waals surface area contributed by atoms with Crippen molar-refractivity contribution in [2.45, 2.75) is 13.3 Å². The van der Waals surface area contributed by atoms with Crippen LogP contribution in [0.4, 0.5) is 11.4 Å². The summed E-state index contributed by atoms with van der Waals surface area (Å²) in [5.41, 5.74) is 6.68. The van der Waals surface area contributed by atoms with Crippen LogP contribution in [0.3, 0.4) is 0 Å². The molecule has 0 bridgehead atoms. The second kappa shape index (κ2) is 8.74. The van der Waals surface area contributed by atoms with Gasteiger partial charge in [0.2, 0.25) is 5.91 Å². The quantitative estimate of drug-likeness (QED) is 0.568. The smallest absolute Gasteiger partial charge is 0.226 e. The first-order valence-electron chi connectivity index (χ1n) is 6.14. The number of carbonyl (C=O) groups is 1. The van der Waals surface area contributed by atoms with Gasteiger partial charge in [0.25, 0.3) is 0 Å². The summed E-state index contributed by atoms with van der Waals surface area (Å²) in [6.07, 6.45) is 0.271. The number of hydrogen-bond donors (Lipinski definition) is 2. The van der Waals surface area contributed by atoms with Crippen molar-refractivity contribution in [3.05, 3.63) is 23.2 Å². The molecule has 3 N–H and O–H groups in total. The van der Waals surface area contributed by atoms with Gasteiger partial charge in [0, 0.05) is 12.3 Å². The van der Waals surface area contributed by atoms with E-state index >= 15 is 0 Å². The number of benzene rings is 1. The Hall–Kier alpha value is -1.30. The lowest BCUT2D eigenvalue weighted by atomic mass is 10.2. The number of hydrogen-bond acceptors (Lipinski definition) is 4. The van der Waals surface area contributed by atoms with Crippen LogP contribution in [-0.4, -0.2) is 32.3 Å². The van der Waals surface area contributed by atoms with Gasteiger partial charge in [-0.1, -0.05) is 11.6 Å². The van der Waals surface area contributed by atoms with E-state index in [0.717, 1.165) is 0 Å². The molecule has 0 spiro atoms. The molecule has 0 saturated carbocycles. The normalized spacial score (nSPS) is 10.4. The van der Waals surface area contributed by atoms with E-state index in [0.29, 0.717) is 42.8 Å². The summed E-state index contributed by atoms with van der Waals surface area (Å²) >= 11 is 5.95. The first-order chi connectivity index (χ1) is 9.13. The van der Waals surface area contributed by atoms with E-state index in [-0.39, 0.29) is 12.3 Å². The Morgan fingerprint density at radius 1 is 1.32 bits per heavy atom. The summed E-state index contributed by atoms with van der Waals surface area (Å²) in [5, 5.41) is 3.12. The van der Waals surface area contributed by atoms with Crippen molar-refractivity contribution in [1.82, 2.24) is 0 Å². The van der Waals surface area contributed by atoms with Crippen molar-refractivity contribution in [3.63, 3.8) is 0 Å². The van der Waals surface area contributed by atoms with E-state index in [2.05, 4.69) is 5.32 Å². The zero-order valence-electron chi connectivity index (χ0n) is 10.9. The van der Waals surface area contributed by atoms with Gasteiger partial charge in [-0.2, -0.15) is 0 Å². The molecule has 0 aromatic heterocycles. The molecule has 1 amide bonds. The summed E-state index contributed by atoms with van der Waals surface area (Å²) in [6, 6.07) is 4.95. The topological polar surface area (TPSA) is 73.6 Å². The fourth-order valence-corrected chi connectivity index (χ4v) is 1.61. The van der Waals surface area contributed by atoms with Gasteiger partial charge in [0.1, 0.15) is 0 Å². The van der Waals surface area contributed by atoms with Crippen LogP contribution in [0.25, 0.3) is 0 Å². The van der Waals surface area contributed by atoms with Crippen LogP contribution in [0.1, 0.15) is 13.3 Å². The minimum absolute atomic E-state index is 0.150. The third-order valence-electron chi connectivity index (χ3n) is 2.32. The van der Waals surface area contributed by atoms with Crippen molar-refractivity contribution in [2.24, 2.45) is 0 Å². The zero-order valence-corrected chi connectivity index (χ0v) is 11.7. The van der Waals surface area contributed by atoms with Gasteiger partial charge < -0.3 is 20.5 Å². The molecule has 0 aliphatic heterocycles. The molecule has 0 unspecified atom stereocenters. The molecule has 1 aromatic rings. The maximum atomic E-state index is 11.6. The van der Waals surface area contributed by atoms with Crippen molar-refractivity contribution >= 4 is 28.9 Å². The van der Waals surface area contributed by atoms with Gasteiger partial charge in [-0.15, -0.1) is 0 Å². The highest BCUT2D eigenvalue weighted by atomic mass is 35.5. The summed E-state index contributed by atoms with van der Waals surface area (Å²) in [7, 11) is 0. The van der Waals surface area contributed by atoms with E-state index in [1.807, 2.05) is 6.92 Å². The number of nitrogens with one attached hydrogen (secondary N) is 1.